The Morgan fingerprint density at radius 1 is 1.45 bits per heavy atom. The van der Waals surface area contributed by atoms with Crippen molar-refractivity contribution in [3.8, 4) is 0 Å². The summed E-state index contributed by atoms with van der Waals surface area (Å²) in [6, 6.07) is 0. The standard InChI is InChI=1S/C15H22N6S/c1-5-10(2)15(22-4)18-7-6-11(3)21-14-12(8-16)13(17)19-9-20-14/h6-9,16H,5H2,1-4H3,(H3,17,19,20,21)/b11-6+,15-10?,16-8?,18-7-. The molecule has 0 fully saturated rings. The van der Waals surface area contributed by atoms with Crippen LogP contribution in [0.25, 0.3) is 0 Å². The van der Waals surface area contributed by atoms with Crippen molar-refractivity contribution in [1.82, 2.24) is 9.97 Å². The van der Waals surface area contributed by atoms with Crippen molar-refractivity contribution in [3.05, 3.63) is 34.3 Å². The minimum Gasteiger partial charge on any atom is -0.383 e. The Balaban J connectivity index is 2.88. The van der Waals surface area contributed by atoms with Crippen molar-refractivity contribution in [1.29, 1.82) is 5.41 Å². The zero-order valence-corrected chi connectivity index (χ0v) is 14.2. The summed E-state index contributed by atoms with van der Waals surface area (Å²) in [4.78, 5) is 12.4. The van der Waals surface area contributed by atoms with Gasteiger partial charge in [0.25, 0.3) is 0 Å². The van der Waals surface area contributed by atoms with E-state index in [9.17, 15) is 0 Å². The Morgan fingerprint density at radius 3 is 2.77 bits per heavy atom. The minimum atomic E-state index is 0.278. The van der Waals surface area contributed by atoms with Crippen molar-refractivity contribution < 1.29 is 0 Å². The molecule has 0 saturated carbocycles. The van der Waals surface area contributed by atoms with Gasteiger partial charge in [-0.15, -0.1) is 11.8 Å². The molecule has 0 aliphatic heterocycles. The number of nitrogens with one attached hydrogen (secondary N) is 2. The van der Waals surface area contributed by atoms with Crippen molar-refractivity contribution in [2.45, 2.75) is 27.2 Å². The lowest BCUT2D eigenvalue weighted by atomic mass is 10.2. The quantitative estimate of drug-likeness (QED) is 0.669. The van der Waals surface area contributed by atoms with Crippen molar-refractivity contribution in [3.63, 3.8) is 0 Å². The van der Waals surface area contributed by atoms with Gasteiger partial charge in [-0.25, -0.2) is 15.0 Å². The van der Waals surface area contributed by atoms with Gasteiger partial charge in [-0.1, -0.05) is 6.92 Å². The number of nitrogen functional groups attached to an aromatic ring is 1. The first-order valence-corrected chi connectivity index (χ1v) is 8.08. The summed E-state index contributed by atoms with van der Waals surface area (Å²) < 4.78 is 0. The highest BCUT2D eigenvalue weighted by Gasteiger charge is 2.06. The van der Waals surface area contributed by atoms with Gasteiger partial charge in [-0.05, 0) is 38.2 Å². The summed E-state index contributed by atoms with van der Waals surface area (Å²) >= 11 is 1.63. The first-order valence-electron chi connectivity index (χ1n) is 6.86. The van der Waals surface area contributed by atoms with E-state index in [2.05, 4.69) is 34.1 Å². The van der Waals surface area contributed by atoms with Crippen molar-refractivity contribution in [2.24, 2.45) is 4.99 Å². The largest absolute Gasteiger partial charge is 0.383 e. The lowest BCUT2D eigenvalue weighted by Crippen LogP contribution is -2.06. The Labute approximate surface area is 135 Å². The summed E-state index contributed by atoms with van der Waals surface area (Å²) in [7, 11) is 0. The Morgan fingerprint density at radius 2 is 2.18 bits per heavy atom. The lowest BCUT2D eigenvalue weighted by Gasteiger charge is -2.08. The normalized spacial score (nSPS) is 13.2. The first-order chi connectivity index (χ1) is 10.5. The highest BCUT2D eigenvalue weighted by molar-refractivity contribution is 8.02. The number of hydrogen-bond acceptors (Lipinski definition) is 7. The van der Waals surface area contributed by atoms with E-state index in [1.165, 1.54) is 11.9 Å². The van der Waals surface area contributed by atoms with Gasteiger partial charge in [-0.3, -0.25) is 0 Å². The molecule has 1 aromatic rings. The average molecular weight is 318 g/mol. The molecule has 118 valence electrons. The van der Waals surface area contributed by atoms with Crippen LogP contribution >= 0.6 is 11.8 Å². The third-order valence-electron chi connectivity index (χ3n) is 2.98. The van der Waals surface area contributed by atoms with Gasteiger partial charge in [0.05, 0.1) is 10.6 Å². The van der Waals surface area contributed by atoms with Crippen LogP contribution in [0.5, 0.6) is 0 Å². The van der Waals surface area contributed by atoms with Crippen LogP contribution in [0.4, 0.5) is 11.6 Å². The minimum absolute atomic E-state index is 0.278. The fraction of sp³-hybridized carbons (Fsp3) is 0.333. The molecule has 0 saturated heterocycles. The summed E-state index contributed by atoms with van der Waals surface area (Å²) in [5, 5.41) is 11.5. The predicted octanol–water partition coefficient (Wildman–Crippen LogP) is 3.45. The average Bonchev–Trinajstić information content (AvgIpc) is 2.51. The topological polar surface area (TPSA) is 100 Å². The Hall–Kier alpha value is -2.15. The van der Waals surface area contributed by atoms with Crippen LogP contribution in [0, 0.1) is 5.41 Å². The molecule has 1 aromatic heterocycles. The second kappa shape index (κ2) is 8.99. The van der Waals surface area contributed by atoms with Crippen LogP contribution in [-0.2, 0) is 0 Å². The number of anilines is 2. The fourth-order valence-corrected chi connectivity index (χ4v) is 2.24. The van der Waals surface area contributed by atoms with E-state index < -0.39 is 0 Å². The summed E-state index contributed by atoms with van der Waals surface area (Å²) in [5.41, 5.74) is 8.30. The molecule has 0 bridgehead atoms. The Bertz CT molecular complexity index is 618. The number of nitrogens with two attached hydrogens (primary N) is 1. The molecule has 4 N–H and O–H groups in total. The van der Waals surface area contributed by atoms with Crippen LogP contribution < -0.4 is 11.1 Å². The highest BCUT2D eigenvalue weighted by Crippen LogP contribution is 2.20. The molecule has 0 aliphatic carbocycles. The fourth-order valence-electron chi connectivity index (χ4n) is 1.58. The van der Waals surface area contributed by atoms with E-state index >= 15 is 0 Å². The van der Waals surface area contributed by atoms with E-state index in [1.807, 2.05) is 19.3 Å². The van der Waals surface area contributed by atoms with Gasteiger partial charge in [-0.2, -0.15) is 0 Å². The second-order valence-corrected chi connectivity index (χ2v) is 5.36. The van der Waals surface area contributed by atoms with E-state index in [-0.39, 0.29) is 5.82 Å². The summed E-state index contributed by atoms with van der Waals surface area (Å²) in [6.07, 6.45) is 9.11. The Kier molecular flexibility index (Phi) is 7.31. The molecule has 22 heavy (non-hydrogen) atoms. The molecule has 1 rings (SSSR count). The van der Waals surface area contributed by atoms with E-state index in [1.54, 1.807) is 18.0 Å². The molecule has 0 amide bonds. The number of aromatic nitrogens is 2. The van der Waals surface area contributed by atoms with E-state index in [0.717, 1.165) is 23.4 Å². The first kappa shape index (κ1) is 17.9. The van der Waals surface area contributed by atoms with Crippen LogP contribution in [0.2, 0.25) is 0 Å². The molecule has 0 unspecified atom stereocenters. The molecule has 7 heteroatoms. The maximum absolute atomic E-state index is 7.38. The zero-order chi connectivity index (χ0) is 16.5. The highest BCUT2D eigenvalue weighted by atomic mass is 32.2. The van der Waals surface area contributed by atoms with Crippen LogP contribution in [0.3, 0.4) is 0 Å². The molecule has 0 aromatic carbocycles. The molecule has 0 spiro atoms. The van der Waals surface area contributed by atoms with Gasteiger partial charge in [0.15, 0.2) is 0 Å². The van der Waals surface area contributed by atoms with Crippen LogP contribution in [-0.4, -0.2) is 28.7 Å². The molecule has 1 heterocycles. The molecule has 6 nitrogen and oxygen atoms in total. The van der Waals surface area contributed by atoms with E-state index in [0.29, 0.717) is 11.4 Å². The number of nitrogens with zero attached hydrogens (tertiary/aromatic N) is 3. The summed E-state index contributed by atoms with van der Waals surface area (Å²) in [5.74, 6) is 0.787. The molecule has 0 aliphatic rings. The van der Waals surface area contributed by atoms with Crippen LogP contribution in [0.1, 0.15) is 32.8 Å². The number of rotatable bonds is 7. The van der Waals surface area contributed by atoms with Gasteiger partial charge >= 0.3 is 0 Å². The maximum atomic E-state index is 7.38. The number of thioether (sulfide) groups is 1. The number of aliphatic imine (C=N–C) groups is 1. The van der Waals surface area contributed by atoms with E-state index in [4.69, 9.17) is 11.1 Å². The van der Waals surface area contributed by atoms with Crippen LogP contribution in [0.15, 0.2) is 33.7 Å². The zero-order valence-electron chi connectivity index (χ0n) is 13.3. The van der Waals surface area contributed by atoms with Crippen molar-refractivity contribution in [2.75, 3.05) is 17.3 Å². The van der Waals surface area contributed by atoms with Crippen molar-refractivity contribution >= 4 is 35.8 Å². The summed E-state index contributed by atoms with van der Waals surface area (Å²) in [6.45, 7) is 6.09. The van der Waals surface area contributed by atoms with Gasteiger partial charge in [0.2, 0.25) is 0 Å². The van der Waals surface area contributed by atoms with Gasteiger partial charge < -0.3 is 16.5 Å². The second-order valence-electron chi connectivity index (χ2n) is 4.56. The number of hydrogen-bond donors (Lipinski definition) is 3. The van der Waals surface area contributed by atoms with Gasteiger partial charge in [0.1, 0.15) is 18.0 Å². The third-order valence-corrected chi connectivity index (χ3v) is 3.82. The lowest BCUT2D eigenvalue weighted by molar-refractivity contribution is 1.08. The number of allylic oxidation sites excluding steroid dienone is 3. The molecular formula is C15H22N6S. The third kappa shape index (κ3) is 5.00. The van der Waals surface area contributed by atoms with Gasteiger partial charge in [0, 0.05) is 18.1 Å². The maximum Gasteiger partial charge on any atom is 0.144 e. The molecular weight excluding hydrogens is 296 g/mol. The molecule has 0 radical (unpaired) electrons. The molecule has 0 atom stereocenters. The monoisotopic (exact) mass is 318 g/mol. The SMILES string of the molecule is CCC(C)=C(/N=C\C=C(/C)Nc1ncnc(N)c1C=N)SC. The smallest absolute Gasteiger partial charge is 0.144 e. The predicted molar refractivity (Wildman–Crippen MR) is 96.7 cm³/mol.